The number of piperidine rings is 1. The van der Waals surface area contributed by atoms with Crippen LogP contribution in [0.4, 0.5) is 5.69 Å². The monoisotopic (exact) mass is 359 g/mol. The van der Waals surface area contributed by atoms with Gasteiger partial charge in [-0.1, -0.05) is 11.6 Å². The number of nitrogens with zero attached hydrogens (tertiary/aromatic N) is 1. The molecule has 1 aromatic rings. The van der Waals surface area contributed by atoms with Crippen molar-refractivity contribution in [3.05, 3.63) is 29.3 Å². The Morgan fingerprint density at radius 1 is 1.26 bits per heavy atom. The van der Waals surface area contributed by atoms with Gasteiger partial charge in [-0.2, -0.15) is 0 Å². The molecule has 1 aliphatic heterocycles. The van der Waals surface area contributed by atoms with Crippen LogP contribution in [-0.2, 0) is 14.8 Å². The van der Waals surface area contributed by atoms with Crippen LogP contribution in [0.2, 0.25) is 5.02 Å². The number of likely N-dealkylation sites (tertiary alicyclic amines) is 1. The van der Waals surface area contributed by atoms with Gasteiger partial charge < -0.3 is 5.32 Å². The van der Waals surface area contributed by atoms with Gasteiger partial charge in [0.1, 0.15) is 0 Å². The van der Waals surface area contributed by atoms with Gasteiger partial charge in [-0.05, 0) is 44.0 Å². The molecule has 1 amide bonds. The highest BCUT2D eigenvalue weighted by Crippen LogP contribution is 2.17. The van der Waals surface area contributed by atoms with Crippen LogP contribution in [0.5, 0.6) is 0 Å². The van der Waals surface area contributed by atoms with Crippen molar-refractivity contribution in [2.75, 3.05) is 24.7 Å². The summed E-state index contributed by atoms with van der Waals surface area (Å²) in [5.74, 6) is -0.0816. The van der Waals surface area contributed by atoms with E-state index >= 15 is 0 Å². The second kappa shape index (κ2) is 7.61. The SMILES string of the molecule is CC(C(=O)Nc1ccc(Cl)cc1)N1CCC(NS(C)(=O)=O)CC1. The largest absolute Gasteiger partial charge is 0.325 e. The second-order valence-corrected chi connectivity index (χ2v) is 8.09. The van der Waals surface area contributed by atoms with E-state index in [4.69, 9.17) is 11.6 Å². The first-order valence-electron chi connectivity index (χ1n) is 7.52. The topological polar surface area (TPSA) is 78.5 Å². The molecule has 1 unspecified atom stereocenters. The molecule has 0 saturated carbocycles. The molecule has 128 valence electrons. The van der Waals surface area contributed by atoms with Crippen LogP contribution in [-0.4, -0.2) is 50.7 Å². The van der Waals surface area contributed by atoms with E-state index in [-0.39, 0.29) is 18.0 Å². The molecule has 1 fully saturated rings. The molecule has 1 aliphatic rings. The number of halogens is 1. The molecule has 2 rings (SSSR count). The van der Waals surface area contributed by atoms with E-state index in [0.29, 0.717) is 36.6 Å². The van der Waals surface area contributed by atoms with Crippen molar-refractivity contribution < 1.29 is 13.2 Å². The summed E-state index contributed by atoms with van der Waals surface area (Å²) in [6.45, 7) is 3.22. The minimum absolute atomic E-state index is 0.0484. The summed E-state index contributed by atoms with van der Waals surface area (Å²) in [6.07, 6.45) is 2.57. The van der Waals surface area contributed by atoms with Crippen molar-refractivity contribution in [3.8, 4) is 0 Å². The average Bonchev–Trinajstić information content (AvgIpc) is 2.48. The van der Waals surface area contributed by atoms with E-state index < -0.39 is 10.0 Å². The highest BCUT2D eigenvalue weighted by molar-refractivity contribution is 7.88. The van der Waals surface area contributed by atoms with Gasteiger partial charge in [-0.25, -0.2) is 13.1 Å². The number of anilines is 1. The second-order valence-electron chi connectivity index (χ2n) is 5.87. The quantitative estimate of drug-likeness (QED) is 0.838. The maximum Gasteiger partial charge on any atom is 0.241 e. The van der Waals surface area contributed by atoms with Gasteiger partial charge in [-0.15, -0.1) is 0 Å². The Hall–Kier alpha value is -1.15. The molecule has 2 N–H and O–H groups in total. The van der Waals surface area contributed by atoms with Crippen LogP contribution in [0, 0.1) is 0 Å². The molecule has 1 heterocycles. The predicted octanol–water partition coefficient (Wildman–Crippen LogP) is 1.68. The van der Waals surface area contributed by atoms with Crippen LogP contribution in [0.25, 0.3) is 0 Å². The van der Waals surface area contributed by atoms with Gasteiger partial charge in [0, 0.05) is 29.8 Å². The number of rotatable bonds is 5. The van der Waals surface area contributed by atoms with Crippen molar-refractivity contribution in [3.63, 3.8) is 0 Å². The molecular weight excluding hydrogens is 338 g/mol. The van der Waals surface area contributed by atoms with Crippen LogP contribution in [0.3, 0.4) is 0 Å². The van der Waals surface area contributed by atoms with Crippen LogP contribution in [0.1, 0.15) is 19.8 Å². The molecule has 1 atom stereocenters. The minimum Gasteiger partial charge on any atom is -0.325 e. The van der Waals surface area contributed by atoms with Crippen molar-refractivity contribution in [1.82, 2.24) is 9.62 Å². The van der Waals surface area contributed by atoms with Crippen molar-refractivity contribution >= 4 is 33.2 Å². The molecule has 8 heteroatoms. The Morgan fingerprint density at radius 3 is 2.35 bits per heavy atom. The normalized spacial score (nSPS) is 18.6. The summed E-state index contributed by atoms with van der Waals surface area (Å²) < 4.78 is 25.1. The Labute approximate surface area is 142 Å². The van der Waals surface area contributed by atoms with Crippen molar-refractivity contribution in [1.29, 1.82) is 0 Å². The zero-order valence-corrected chi connectivity index (χ0v) is 14.8. The molecule has 0 bridgehead atoms. The Kier molecular flexibility index (Phi) is 6.02. The number of carbonyl (C=O) groups is 1. The van der Waals surface area contributed by atoms with Gasteiger partial charge in [0.05, 0.1) is 12.3 Å². The maximum absolute atomic E-state index is 12.3. The van der Waals surface area contributed by atoms with E-state index in [2.05, 4.69) is 14.9 Å². The number of carbonyl (C=O) groups excluding carboxylic acids is 1. The first kappa shape index (κ1) is 18.2. The van der Waals surface area contributed by atoms with E-state index in [9.17, 15) is 13.2 Å². The van der Waals surface area contributed by atoms with Gasteiger partial charge in [-0.3, -0.25) is 9.69 Å². The third kappa shape index (κ3) is 5.76. The van der Waals surface area contributed by atoms with Gasteiger partial charge >= 0.3 is 0 Å². The van der Waals surface area contributed by atoms with Crippen molar-refractivity contribution in [2.45, 2.75) is 31.8 Å². The van der Waals surface area contributed by atoms with E-state index in [1.165, 1.54) is 6.26 Å². The van der Waals surface area contributed by atoms with Crippen LogP contribution in [0.15, 0.2) is 24.3 Å². The molecule has 0 radical (unpaired) electrons. The fourth-order valence-corrected chi connectivity index (χ4v) is 3.62. The van der Waals surface area contributed by atoms with Crippen LogP contribution < -0.4 is 10.0 Å². The summed E-state index contributed by atoms with van der Waals surface area (Å²) in [6, 6.07) is 6.65. The fraction of sp³-hybridized carbons (Fsp3) is 0.533. The lowest BCUT2D eigenvalue weighted by Gasteiger charge is -2.35. The number of sulfonamides is 1. The molecule has 1 saturated heterocycles. The average molecular weight is 360 g/mol. The smallest absolute Gasteiger partial charge is 0.241 e. The Balaban J connectivity index is 1.85. The number of amides is 1. The van der Waals surface area contributed by atoms with Crippen LogP contribution >= 0.6 is 11.6 Å². The highest BCUT2D eigenvalue weighted by atomic mass is 35.5. The van der Waals surface area contributed by atoms with Gasteiger partial charge in [0.15, 0.2) is 0 Å². The molecule has 6 nitrogen and oxygen atoms in total. The first-order chi connectivity index (χ1) is 10.7. The molecule has 0 aliphatic carbocycles. The lowest BCUT2D eigenvalue weighted by Crippen LogP contribution is -2.50. The molecular formula is C15H22ClN3O3S. The fourth-order valence-electron chi connectivity index (χ4n) is 2.65. The zero-order chi connectivity index (χ0) is 17.0. The summed E-state index contributed by atoms with van der Waals surface area (Å²) in [5.41, 5.74) is 0.708. The summed E-state index contributed by atoms with van der Waals surface area (Å²) in [5, 5.41) is 3.49. The summed E-state index contributed by atoms with van der Waals surface area (Å²) in [4.78, 5) is 14.4. The first-order valence-corrected chi connectivity index (χ1v) is 9.79. The summed E-state index contributed by atoms with van der Waals surface area (Å²) in [7, 11) is -3.18. The third-order valence-electron chi connectivity index (χ3n) is 3.95. The molecule has 1 aromatic carbocycles. The Morgan fingerprint density at radius 2 is 1.83 bits per heavy atom. The maximum atomic E-state index is 12.3. The lowest BCUT2D eigenvalue weighted by atomic mass is 10.0. The number of benzene rings is 1. The lowest BCUT2D eigenvalue weighted by molar-refractivity contribution is -0.121. The highest BCUT2D eigenvalue weighted by Gasteiger charge is 2.27. The van der Waals surface area contributed by atoms with Gasteiger partial charge in [0.25, 0.3) is 0 Å². The standard InChI is InChI=1S/C15H22ClN3O3S/c1-11(15(20)17-13-5-3-12(16)4-6-13)19-9-7-14(8-10-19)18-23(2,21)22/h3-6,11,14,18H,7-10H2,1-2H3,(H,17,20). The molecule has 0 aromatic heterocycles. The third-order valence-corrected chi connectivity index (χ3v) is 4.96. The van der Waals surface area contributed by atoms with Crippen molar-refractivity contribution in [2.24, 2.45) is 0 Å². The minimum atomic E-state index is -3.18. The summed E-state index contributed by atoms with van der Waals surface area (Å²) >= 11 is 5.82. The predicted molar refractivity (Wildman–Crippen MR) is 92.1 cm³/mol. The number of hydrogen-bond acceptors (Lipinski definition) is 4. The Bertz CT molecular complexity index is 640. The van der Waals surface area contributed by atoms with Gasteiger partial charge in [0.2, 0.25) is 15.9 Å². The van der Waals surface area contributed by atoms with E-state index in [1.54, 1.807) is 24.3 Å². The number of nitrogens with one attached hydrogen (secondary N) is 2. The van der Waals surface area contributed by atoms with E-state index in [0.717, 1.165) is 0 Å². The zero-order valence-electron chi connectivity index (χ0n) is 13.3. The number of hydrogen-bond donors (Lipinski definition) is 2. The van der Waals surface area contributed by atoms with E-state index in [1.807, 2.05) is 6.92 Å². The molecule has 0 spiro atoms. The molecule has 23 heavy (non-hydrogen) atoms.